The van der Waals surface area contributed by atoms with Crippen molar-refractivity contribution in [3.8, 4) is 0 Å². The number of rotatable bonds is 2. The molecule has 1 fully saturated rings. The predicted octanol–water partition coefficient (Wildman–Crippen LogP) is 2.79. The second-order valence-corrected chi connectivity index (χ2v) is 9.75. The molecule has 1 N–H and O–H groups in total. The van der Waals surface area contributed by atoms with Crippen molar-refractivity contribution >= 4 is 55.7 Å². The van der Waals surface area contributed by atoms with Crippen LogP contribution in [0.15, 0.2) is 27.7 Å². The molecule has 0 aliphatic carbocycles. The van der Waals surface area contributed by atoms with Gasteiger partial charge in [0.05, 0.1) is 15.0 Å². The van der Waals surface area contributed by atoms with Crippen LogP contribution < -0.4 is 5.32 Å². The summed E-state index contributed by atoms with van der Waals surface area (Å²) in [5.74, 6) is 0.411. The minimum Gasteiger partial charge on any atom is -0.352 e. The average Bonchev–Trinajstić information content (AvgIpc) is 2.47. The van der Waals surface area contributed by atoms with Gasteiger partial charge >= 0.3 is 0 Å². The molecule has 1 aromatic carbocycles. The topological polar surface area (TPSA) is 61.8 Å². The van der Waals surface area contributed by atoms with Crippen LogP contribution in [0.25, 0.3) is 0 Å². The first-order valence-corrected chi connectivity index (χ1v) is 9.72. The zero-order chi connectivity index (χ0) is 17.3. The lowest BCUT2D eigenvalue weighted by molar-refractivity contribution is 0.353. The third-order valence-corrected chi connectivity index (χ3v) is 7.17. The van der Waals surface area contributed by atoms with Crippen LogP contribution in [0.5, 0.6) is 0 Å². The first-order chi connectivity index (χ1) is 10.7. The Morgan fingerprint density at radius 3 is 2.67 bits per heavy atom. The quantitative estimate of drug-likeness (QED) is 0.361. The van der Waals surface area contributed by atoms with E-state index in [1.165, 1.54) is 6.07 Å². The highest BCUT2D eigenvalue weighted by atomic mass is 127. The number of aliphatic imine (C=N–C) groups is 1. The van der Waals surface area contributed by atoms with Gasteiger partial charge in [0.15, 0.2) is 15.8 Å². The highest BCUT2D eigenvalue weighted by Crippen LogP contribution is 2.23. The summed E-state index contributed by atoms with van der Waals surface area (Å²) in [7, 11) is -1.44. The molecule has 0 spiro atoms. The van der Waals surface area contributed by atoms with E-state index < -0.39 is 14.6 Å². The van der Waals surface area contributed by atoms with E-state index in [4.69, 9.17) is 0 Å². The Kier molecular flexibility index (Phi) is 7.48. The molecule has 1 aliphatic rings. The molecule has 0 unspecified atom stereocenters. The molecule has 0 aromatic heterocycles. The predicted molar refractivity (Wildman–Crippen MR) is 109 cm³/mol. The lowest BCUT2D eigenvalue weighted by atomic mass is 10.2. The number of benzene rings is 1. The average molecular weight is 534 g/mol. The van der Waals surface area contributed by atoms with Gasteiger partial charge in [-0.15, -0.1) is 24.0 Å². The third-order valence-electron chi connectivity index (χ3n) is 3.99. The van der Waals surface area contributed by atoms with Crippen molar-refractivity contribution in [2.75, 3.05) is 25.9 Å². The zero-order valence-corrected chi connectivity index (χ0v) is 18.6. The number of sulfone groups is 1. The van der Waals surface area contributed by atoms with Gasteiger partial charge in [0.2, 0.25) is 0 Å². The molecule has 1 aliphatic heterocycles. The first kappa shape index (κ1) is 21.6. The maximum Gasteiger partial charge on any atom is 0.193 e. The Morgan fingerprint density at radius 1 is 1.46 bits per heavy atom. The van der Waals surface area contributed by atoms with E-state index >= 15 is 0 Å². The Morgan fingerprint density at radius 2 is 2.12 bits per heavy atom. The molecule has 0 saturated carbocycles. The molecule has 5 nitrogen and oxygen atoms in total. The molecule has 9 heteroatoms. The van der Waals surface area contributed by atoms with Crippen molar-refractivity contribution in [2.45, 2.75) is 25.1 Å². The minimum absolute atomic E-state index is 0. The number of hydrogen-bond acceptors (Lipinski definition) is 3. The molecular formula is C15H22BrFIN3O2S. The van der Waals surface area contributed by atoms with Gasteiger partial charge in [-0.05, 0) is 47.5 Å². The molecule has 1 saturated heterocycles. The second-order valence-electron chi connectivity index (χ2n) is 6.15. The smallest absolute Gasteiger partial charge is 0.193 e. The summed E-state index contributed by atoms with van der Waals surface area (Å²) in [5.41, 5.74) is 0.788. The van der Waals surface area contributed by atoms with E-state index in [9.17, 15) is 12.8 Å². The molecule has 2 rings (SSSR count). The lowest BCUT2D eigenvalue weighted by Gasteiger charge is -2.39. The number of halogens is 3. The lowest BCUT2D eigenvalue weighted by Crippen LogP contribution is -2.57. The van der Waals surface area contributed by atoms with Crippen molar-refractivity contribution in [1.82, 2.24) is 10.2 Å². The van der Waals surface area contributed by atoms with Crippen molar-refractivity contribution in [3.05, 3.63) is 34.1 Å². The summed E-state index contributed by atoms with van der Waals surface area (Å²) in [6.45, 7) is 4.65. The fraction of sp³-hybridized carbons (Fsp3) is 0.533. The zero-order valence-electron chi connectivity index (χ0n) is 13.8. The highest BCUT2D eigenvalue weighted by Gasteiger charge is 2.40. The number of guanidine groups is 1. The van der Waals surface area contributed by atoms with Crippen LogP contribution >= 0.6 is 39.9 Å². The fourth-order valence-corrected chi connectivity index (χ4v) is 4.10. The van der Waals surface area contributed by atoms with Gasteiger partial charge < -0.3 is 10.2 Å². The van der Waals surface area contributed by atoms with Gasteiger partial charge in [0, 0.05) is 26.7 Å². The Labute approximate surface area is 168 Å². The van der Waals surface area contributed by atoms with Gasteiger partial charge in [-0.3, -0.25) is 4.99 Å². The minimum atomic E-state index is -3.09. The molecule has 1 heterocycles. The summed E-state index contributed by atoms with van der Waals surface area (Å²) in [4.78, 5) is 6.14. The van der Waals surface area contributed by atoms with E-state index in [0.717, 1.165) is 5.56 Å². The summed E-state index contributed by atoms with van der Waals surface area (Å²) in [6.07, 6.45) is 0. The molecule has 24 heavy (non-hydrogen) atoms. The van der Waals surface area contributed by atoms with E-state index in [1.807, 2.05) is 11.0 Å². The molecule has 0 atom stereocenters. The van der Waals surface area contributed by atoms with Gasteiger partial charge in [-0.25, -0.2) is 12.8 Å². The summed E-state index contributed by atoms with van der Waals surface area (Å²) in [6, 6.07) is 4.93. The van der Waals surface area contributed by atoms with Crippen molar-refractivity contribution in [3.63, 3.8) is 0 Å². The highest BCUT2D eigenvalue weighted by molar-refractivity contribution is 14.0. The normalized spacial score (nSPS) is 19.5. The van der Waals surface area contributed by atoms with Crippen LogP contribution in [0.2, 0.25) is 0 Å². The van der Waals surface area contributed by atoms with Gasteiger partial charge in [0.25, 0.3) is 0 Å². The summed E-state index contributed by atoms with van der Waals surface area (Å²) >= 11 is 3.12. The molecule has 136 valence electrons. The van der Waals surface area contributed by atoms with E-state index in [1.54, 1.807) is 27.0 Å². The molecular weight excluding hydrogens is 512 g/mol. The molecule has 0 bridgehead atoms. The van der Waals surface area contributed by atoms with E-state index in [-0.39, 0.29) is 35.5 Å². The van der Waals surface area contributed by atoms with Crippen LogP contribution in [0.1, 0.15) is 19.4 Å². The van der Waals surface area contributed by atoms with Crippen LogP contribution in [0.4, 0.5) is 4.39 Å². The molecule has 0 amide bonds. The summed E-state index contributed by atoms with van der Waals surface area (Å²) in [5, 5.41) is 3.17. The van der Waals surface area contributed by atoms with Crippen LogP contribution in [-0.4, -0.2) is 49.9 Å². The maximum absolute atomic E-state index is 13.5. The monoisotopic (exact) mass is 533 g/mol. The summed E-state index contributed by atoms with van der Waals surface area (Å²) < 4.78 is 37.3. The van der Waals surface area contributed by atoms with E-state index in [0.29, 0.717) is 30.1 Å². The number of nitrogens with one attached hydrogen (secondary N) is 1. The number of nitrogens with zero attached hydrogens (tertiary/aromatic N) is 2. The Bertz CT molecular complexity index is 725. The second kappa shape index (κ2) is 8.31. The Balaban J connectivity index is 0.00000288. The van der Waals surface area contributed by atoms with Crippen LogP contribution in [-0.2, 0) is 16.4 Å². The first-order valence-electron chi connectivity index (χ1n) is 7.28. The SMILES string of the molecule is CN=C(NCc1ccc(Br)c(F)c1)N1CCS(=O)(=O)C(C)(C)C1.I. The fourth-order valence-electron chi connectivity index (χ4n) is 2.49. The maximum atomic E-state index is 13.5. The Hall–Kier alpha value is -0.420. The largest absolute Gasteiger partial charge is 0.352 e. The van der Waals surface area contributed by atoms with Gasteiger partial charge in [-0.2, -0.15) is 0 Å². The van der Waals surface area contributed by atoms with Crippen molar-refractivity contribution in [1.29, 1.82) is 0 Å². The third kappa shape index (κ3) is 4.81. The van der Waals surface area contributed by atoms with Crippen LogP contribution in [0, 0.1) is 5.82 Å². The molecule has 0 radical (unpaired) electrons. The number of hydrogen-bond donors (Lipinski definition) is 1. The van der Waals surface area contributed by atoms with E-state index in [2.05, 4.69) is 26.2 Å². The van der Waals surface area contributed by atoms with Crippen molar-refractivity contribution < 1.29 is 12.8 Å². The van der Waals surface area contributed by atoms with Gasteiger partial charge in [0.1, 0.15) is 5.82 Å². The van der Waals surface area contributed by atoms with Crippen molar-refractivity contribution in [2.24, 2.45) is 4.99 Å². The standard InChI is InChI=1S/C15H21BrFN3O2S.HI/c1-15(2)10-20(6-7-23(15,21)22)14(18-3)19-9-11-4-5-12(16)13(17)8-11;/h4-5,8H,6-7,9-10H2,1-3H3,(H,18,19);1H. The molecule has 1 aromatic rings. The van der Waals surface area contributed by atoms with Crippen LogP contribution in [0.3, 0.4) is 0 Å². The van der Waals surface area contributed by atoms with Gasteiger partial charge in [-0.1, -0.05) is 6.07 Å².